The fourth-order valence-electron chi connectivity index (χ4n) is 3.70. The molecular weight excluding hydrogens is 362 g/mol. The van der Waals surface area contributed by atoms with E-state index in [0.717, 1.165) is 64.3 Å². The highest BCUT2D eigenvalue weighted by Gasteiger charge is 2.22. The number of hydrogen-bond acceptors (Lipinski definition) is 6. The Hall–Kier alpha value is -1.53. The van der Waals surface area contributed by atoms with Gasteiger partial charge < -0.3 is 15.4 Å². The Kier molecular flexibility index (Phi) is 14.5. The van der Waals surface area contributed by atoms with Crippen molar-refractivity contribution in [2.75, 3.05) is 63.1 Å². The van der Waals surface area contributed by atoms with Crippen molar-refractivity contribution in [3.63, 3.8) is 0 Å². The summed E-state index contributed by atoms with van der Waals surface area (Å²) in [6, 6.07) is 4.59. The van der Waals surface area contributed by atoms with Gasteiger partial charge >= 0.3 is 0 Å². The molecular formula is C23H47N5O. The monoisotopic (exact) mass is 409 g/mol. The normalized spacial score (nSPS) is 17.1. The van der Waals surface area contributed by atoms with Crippen molar-refractivity contribution in [3.05, 3.63) is 12.1 Å². The molecule has 0 aliphatic carbocycles. The summed E-state index contributed by atoms with van der Waals surface area (Å²) in [6.07, 6.45) is 2.22. The van der Waals surface area contributed by atoms with Crippen molar-refractivity contribution in [2.45, 2.75) is 67.9 Å². The van der Waals surface area contributed by atoms with E-state index in [1.807, 2.05) is 26.0 Å². The van der Waals surface area contributed by atoms with Gasteiger partial charge in [-0.25, -0.2) is 0 Å². The number of nitrogen functional groups attached to an aromatic ring is 1. The van der Waals surface area contributed by atoms with E-state index < -0.39 is 0 Å². The molecule has 170 valence electrons. The number of aromatic nitrogens is 1. The van der Waals surface area contributed by atoms with E-state index in [4.69, 9.17) is 10.5 Å². The van der Waals surface area contributed by atoms with Crippen LogP contribution in [0.2, 0.25) is 0 Å². The van der Waals surface area contributed by atoms with Gasteiger partial charge in [-0.05, 0) is 26.3 Å². The molecule has 29 heavy (non-hydrogen) atoms. The molecule has 2 rings (SSSR count). The molecule has 0 aromatic carbocycles. The van der Waals surface area contributed by atoms with Gasteiger partial charge in [0.25, 0.3) is 0 Å². The van der Waals surface area contributed by atoms with Crippen molar-refractivity contribution in [1.82, 2.24) is 14.8 Å². The van der Waals surface area contributed by atoms with E-state index >= 15 is 0 Å². The van der Waals surface area contributed by atoms with E-state index in [9.17, 15) is 0 Å². The lowest BCUT2D eigenvalue weighted by Gasteiger charge is -2.39. The van der Waals surface area contributed by atoms with Gasteiger partial charge in [-0.1, -0.05) is 42.0 Å². The summed E-state index contributed by atoms with van der Waals surface area (Å²) in [6.45, 7) is 21.1. The van der Waals surface area contributed by atoms with E-state index in [2.05, 4.69) is 47.4 Å². The third-order valence-corrected chi connectivity index (χ3v) is 5.07. The molecule has 1 aromatic rings. The molecule has 1 saturated heterocycles. The minimum absolute atomic E-state index is 0. The summed E-state index contributed by atoms with van der Waals surface area (Å²) in [5, 5.41) is 0. The lowest BCUT2D eigenvalue weighted by Crippen LogP contribution is -2.52. The quantitative estimate of drug-likeness (QED) is 0.620. The predicted octanol–water partition coefficient (Wildman–Crippen LogP) is 4.36. The van der Waals surface area contributed by atoms with Crippen LogP contribution < -0.4 is 15.4 Å². The molecule has 1 atom stereocenters. The van der Waals surface area contributed by atoms with Gasteiger partial charge in [0.05, 0.1) is 0 Å². The van der Waals surface area contributed by atoms with Crippen molar-refractivity contribution in [2.24, 2.45) is 0 Å². The molecule has 0 spiro atoms. The topological polar surface area (TPSA) is 57.9 Å². The van der Waals surface area contributed by atoms with E-state index in [-0.39, 0.29) is 7.43 Å². The second kappa shape index (κ2) is 15.3. The Balaban J connectivity index is 0.00000253. The number of rotatable bonds is 10. The number of nitrogens with zero attached hydrogens (tertiary/aromatic N) is 4. The average Bonchev–Trinajstić information content (AvgIpc) is 2.69. The van der Waals surface area contributed by atoms with Gasteiger partial charge in [-0.2, -0.15) is 4.98 Å². The standard InChI is InChI=1S/C20H37N5O.C2H6.CH4/c1-5-8-25(9-6-2)18-14-19(21)22-20(15-18)26-13-12-23-10-11-24(7-3)17(4)16-23;1-2;/h14-15,17H,5-13,16H2,1-4H3,(H2,21,22);1-2H3;1H4/t17-;;/m0../s1. The molecule has 0 bridgehead atoms. The lowest BCUT2D eigenvalue weighted by molar-refractivity contribution is 0.0776. The predicted molar refractivity (Wildman–Crippen MR) is 128 cm³/mol. The minimum Gasteiger partial charge on any atom is -0.476 e. The van der Waals surface area contributed by atoms with Crippen LogP contribution in [0.3, 0.4) is 0 Å². The van der Waals surface area contributed by atoms with Crippen LogP contribution in [0.5, 0.6) is 5.88 Å². The Morgan fingerprint density at radius 2 is 1.79 bits per heavy atom. The molecule has 1 aliphatic rings. The fourth-order valence-corrected chi connectivity index (χ4v) is 3.70. The van der Waals surface area contributed by atoms with Crippen LogP contribution in [0, 0.1) is 0 Å². The Morgan fingerprint density at radius 3 is 2.34 bits per heavy atom. The van der Waals surface area contributed by atoms with Gasteiger partial charge in [0.2, 0.25) is 5.88 Å². The lowest BCUT2D eigenvalue weighted by atomic mass is 10.2. The fraction of sp³-hybridized carbons (Fsp3) is 0.783. The molecule has 1 aliphatic heterocycles. The minimum atomic E-state index is 0. The van der Waals surface area contributed by atoms with Crippen LogP contribution in [0.25, 0.3) is 0 Å². The molecule has 1 fully saturated rings. The molecule has 0 radical (unpaired) electrons. The Labute approximate surface area is 180 Å². The van der Waals surface area contributed by atoms with Crippen LogP contribution in [-0.2, 0) is 0 Å². The maximum absolute atomic E-state index is 6.02. The van der Waals surface area contributed by atoms with Crippen LogP contribution in [0.1, 0.15) is 61.8 Å². The van der Waals surface area contributed by atoms with Crippen molar-refractivity contribution in [1.29, 1.82) is 0 Å². The second-order valence-electron chi connectivity index (χ2n) is 7.20. The number of pyridine rings is 1. The highest BCUT2D eigenvalue weighted by Crippen LogP contribution is 2.23. The molecule has 6 nitrogen and oxygen atoms in total. The number of anilines is 2. The maximum Gasteiger partial charge on any atom is 0.217 e. The summed E-state index contributed by atoms with van der Waals surface area (Å²) < 4.78 is 5.95. The largest absolute Gasteiger partial charge is 0.476 e. The molecule has 0 unspecified atom stereocenters. The van der Waals surface area contributed by atoms with Crippen molar-refractivity contribution < 1.29 is 4.74 Å². The molecule has 0 amide bonds. The molecule has 6 heteroatoms. The number of ether oxygens (including phenoxy) is 1. The van der Waals surface area contributed by atoms with Crippen molar-refractivity contribution >= 4 is 11.5 Å². The first-order chi connectivity index (χ1) is 13.6. The highest BCUT2D eigenvalue weighted by molar-refractivity contribution is 5.55. The molecule has 2 heterocycles. The maximum atomic E-state index is 6.02. The first kappa shape index (κ1) is 27.5. The second-order valence-corrected chi connectivity index (χ2v) is 7.20. The van der Waals surface area contributed by atoms with Gasteiger partial charge in [0, 0.05) is 63.1 Å². The summed E-state index contributed by atoms with van der Waals surface area (Å²) in [5.41, 5.74) is 7.13. The van der Waals surface area contributed by atoms with Gasteiger partial charge in [0.1, 0.15) is 12.4 Å². The van der Waals surface area contributed by atoms with Crippen LogP contribution in [-0.4, -0.2) is 73.2 Å². The van der Waals surface area contributed by atoms with E-state index in [1.165, 1.54) is 0 Å². The first-order valence-corrected chi connectivity index (χ1v) is 11.2. The molecule has 1 aromatic heterocycles. The van der Waals surface area contributed by atoms with Gasteiger partial charge in [-0.3, -0.25) is 9.80 Å². The number of likely N-dealkylation sites (N-methyl/N-ethyl adjacent to an activating group) is 1. The summed E-state index contributed by atoms with van der Waals surface area (Å²) in [7, 11) is 0. The van der Waals surface area contributed by atoms with Crippen molar-refractivity contribution in [3.8, 4) is 5.88 Å². The van der Waals surface area contributed by atoms with E-state index in [0.29, 0.717) is 24.3 Å². The van der Waals surface area contributed by atoms with Crippen LogP contribution >= 0.6 is 0 Å². The summed E-state index contributed by atoms with van der Waals surface area (Å²) in [4.78, 5) is 11.7. The molecule has 2 N–H and O–H groups in total. The number of hydrogen-bond donors (Lipinski definition) is 1. The summed E-state index contributed by atoms with van der Waals surface area (Å²) in [5.74, 6) is 1.16. The zero-order valence-corrected chi connectivity index (χ0v) is 19.1. The first-order valence-electron chi connectivity index (χ1n) is 11.2. The Bertz CT molecular complexity index is 534. The van der Waals surface area contributed by atoms with Gasteiger partial charge in [0.15, 0.2) is 0 Å². The van der Waals surface area contributed by atoms with Crippen LogP contribution in [0.4, 0.5) is 11.5 Å². The smallest absolute Gasteiger partial charge is 0.217 e. The highest BCUT2D eigenvalue weighted by atomic mass is 16.5. The van der Waals surface area contributed by atoms with E-state index in [1.54, 1.807) is 0 Å². The third-order valence-electron chi connectivity index (χ3n) is 5.07. The number of nitrogens with two attached hydrogens (primary N) is 1. The SMILES string of the molecule is C.CC.CCCN(CCC)c1cc(N)nc(OCCN2CCN(CC)[C@@H](C)C2)c1. The zero-order chi connectivity index (χ0) is 20.9. The molecule has 0 saturated carbocycles. The van der Waals surface area contributed by atoms with Gasteiger partial charge in [-0.15, -0.1) is 0 Å². The third kappa shape index (κ3) is 9.22. The van der Waals surface area contributed by atoms with Crippen LogP contribution in [0.15, 0.2) is 12.1 Å². The Morgan fingerprint density at radius 1 is 1.14 bits per heavy atom. The summed E-state index contributed by atoms with van der Waals surface area (Å²) >= 11 is 0. The zero-order valence-electron chi connectivity index (χ0n) is 19.1. The average molecular weight is 410 g/mol. The number of piperazine rings is 1.